The maximum Gasteiger partial charge on any atom is 0.254 e. The lowest BCUT2D eigenvalue weighted by Gasteiger charge is -2.11. The van der Waals surface area contributed by atoms with E-state index in [-0.39, 0.29) is 24.9 Å². The molecule has 2 N–H and O–H groups in total. The number of carbonyl (C=O) groups is 1. The fraction of sp³-hybridized carbons (Fsp3) is 0.273. The first-order valence-electron chi connectivity index (χ1n) is 10.1. The van der Waals surface area contributed by atoms with Gasteiger partial charge in [0.2, 0.25) is 10.0 Å². The highest BCUT2D eigenvalue weighted by Gasteiger charge is 2.17. The molecule has 1 heterocycles. The number of aromatic nitrogens is 2. The molecule has 32 heavy (non-hydrogen) atoms. The summed E-state index contributed by atoms with van der Waals surface area (Å²) in [4.78, 5) is 12.7. The number of hydrogen-bond donors (Lipinski definition) is 2. The van der Waals surface area contributed by atoms with Gasteiger partial charge in [0.25, 0.3) is 5.91 Å². The SMILES string of the molecule is CCCc1c(C(=O)NCCOc2ccc(NS(C)(=O)=O)cc2)cnn1-c1ccc(F)cc1. The zero-order valence-corrected chi connectivity index (χ0v) is 18.7. The molecule has 0 aliphatic carbocycles. The first-order valence-corrected chi connectivity index (χ1v) is 12.0. The van der Waals surface area contributed by atoms with Gasteiger partial charge in [-0.15, -0.1) is 0 Å². The fourth-order valence-corrected chi connectivity index (χ4v) is 3.67. The van der Waals surface area contributed by atoms with E-state index in [9.17, 15) is 17.6 Å². The lowest BCUT2D eigenvalue weighted by atomic mass is 10.1. The van der Waals surface area contributed by atoms with Gasteiger partial charge >= 0.3 is 0 Å². The van der Waals surface area contributed by atoms with Gasteiger partial charge in [-0.3, -0.25) is 9.52 Å². The van der Waals surface area contributed by atoms with E-state index in [0.29, 0.717) is 29.1 Å². The van der Waals surface area contributed by atoms with Crippen molar-refractivity contribution in [2.75, 3.05) is 24.1 Å². The first-order chi connectivity index (χ1) is 15.3. The Morgan fingerprint density at radius 3 is 2.44 bits per heavy atom. The number of rotatable bonds is 10. The maximum atomic E-state index is 13.2. The predicted molar refractivity (Wildman–Crippen MR) is 120 cm³/mol. The summed E-state index contributed by atoms with van der Waals surface area (Å²) in [5.74, 6) is -0.0515. The molecule has 0 bridgehead atoms. The van der Waals surface area contributed by atoms with Gasteiger partial charge < -0.3 is 10.1 Å². The minimum atomic E-state index is -3.33. The van der Waals surface area contributed by atoms with Crippen molar-refractivity contribution in [1.29, 1.82) is 0 Å². The van der Waals surface area contributed by atoms with Gasteiger partial charge in [-0.2, -0.15) is 5.10 Å². The Labute approximate surface area is 186 Å². The van der Waals surface area contributed by atoms with Crippen molar-refractivity contribution in [1.82, 2.24) is 15.1 Å². The summed E-state index contributed by atoms with van der Waals surface area (Å²) in [6.07, 6.45) is 4.05. The number of nitrogens with zero attached hydrogens (tertiary/aromatic N) is 2. The number of hydrogen-bond acceptors (Lipinski definition) is 5. The molecule has 170 valence electrons. The molecule has 3 rings (SSSR count). The molecule has 1 aromatic heterocycles. The molecule has 8 nitrogen and oxygen atoms in total. The molecule has 1 amide bonds. The van der Waals surface area contributed by atoms with Gasteiger partial charge in [-0.25, -0.2) is 17.5 Å². The van der Waals surface area contributed by atoms with E-state index in [1.54, 1.807) is 41.1 Å². The molecular formula is C22H25FN4O4S. The van der Waals surface area contributed by atoms with E-state index in [2.05, 4.69) is 15.1 Å². The number of carbonyl (C=O) groups excluding carboxylic acids is 1. The number of anilines is 1. The van der Waals surface area contributed by atoms with Gasteiger partial charge in [-0.05, 0) is 55.0 Å². The van der Waals surface area contributed by atoms with Crippen molar-refractivity contribution >= 4 is 21.6 Å². The van der Waals surface area contributed by atoms with Crippen LogP contribution in [0.1, 0.15) is 29.4 Å². The van der Waals surface area contributed by atoms with Crippen molar-refractivity contribution in [3.63, 3.8) is 0 Å². The highest BCUT2D eigenvalue weighted by molar-refractivity contribution is 7.92. The molecule has 0 unspecified atom stereocenters. The summed E-state index contributed by atoms with van der Waals surface area (Å²) >= 11 is 0. The quantitative estimate of drug-likeness (QED) is 0.453. The van der Waals surface area contributed by atoms with Crippen LogP contribution in [0.3, 0.4) is 0 Å². The van der Waals surface area contributed by atoms with Crippen LogP contribution in [0.4, 0.5) is 10.1 Å². The second kappa shape index (κ2) is 10.3. The Kier molecular flexibility index (Phi) is 7.47. The predicted octanol–water partition coefficient (Wildman–Crippen LogP) is 3.14. The molecule has 0 saturated heterocycles. The number of nitrogens with one attached hydrogen (secondary N) is 2. The molecule has 2 aromatic carbocycles. The van der Waals surface area contributed by atoms with Crippen LogP contribution in [-0.2, 0) is 16.4 Å². The lowest BCUT2D eigenvalue weighted by molar-refractivity contribution is 0.0946. The number of amides is 1. The summed E-state index contributed by atoms with van der Waals surface area (Å²) in [6, 6.07) is 12.4. The molecule has 3 aromatic rings. The van der Waals surface area contributed by atoms with Crippen LogP contribution < -0.4 is 14.8 Å². The molecule has 0 radical (unpaired) electrons. The van der Waals surface area contributed by atoms with E-state index in [4.69, 9.17) is 4.74 Å². The Morgan fingerprint density at radius 1 is 1.12 bits per heavy atom. The lowest BCUT2D eigenvalue weighted by Crippen LogP contribution is -2.28. The second-order valence-corrected chi connectivity index (χ2v) is 8.89. The van der Waals surface area contributed by atoms with Crippen molar-refractivity contribution < 1.29 is 22.3 Å². The summed E-state index contributed by atoms with van der Waals surface area (Å²) < 4.78 is 45.3. The van der Waals surface area contributed by atoms with Crippen LogP contribution in [0.5, 0.6) is 5.75 Å². The Balaban J connectivity index is 1.57. The zero-order valence-electron chi connectivity index (χ0n) is 17.8. The van der Waals surface area contributed by atoms with Crippen LogP contribution in [0.25, 0.3) is 5.69 Å². The van der Waals surface area contributed by atoms with Crippen LogP contribution >= 0.6 is 0 Å². The third kappa shape index (κ3) is 6.30. The van der Waals surface area contributed by atoms with Crippen LogP contribution in [0.15, 0.2) is 54.7 Å². The molecule has 0 aliphatic rings. The maximum absolute atomic E-state index is 13.2. The van der Waals surface area contributed by atoms with E-state index < -0.39 is 10.0 Å². The van der Waals surface area contributed by atoms with Gasteiger partial charge in [0.15, 0.2) is 0 Å². The second-order valence-electron chi connectivity index (χ2n) is 7.15. The van der Waals surface area contributed by atoms with E-state index in [1.807, 2.05) is 6.92 Å². The average Bonchev–Trinajstić information content (AvgIpc) is 3.16. The highest BCUT2D eigenvalue weighted by atomic mass is 32.2. The van der Waals surface area contributed by atoms with Crippen molar-refractivity contribution in [2.45, 2.75) is 19.8 Å². The number of ether oxygens (including phenoxy) is 1. The Hall–Kier alpha value is -3.40. The Morgan fingerprint density at radius 2 is 1.81 bits per heavy atom. The molecule has 0 spiro atoms. The van der Waals surface area contributed by atoms with Crippen LogP contribution in [-0.4, -0.2) is 43.5 Å². The fourth-order valence-electron chi connectivity index (χ4n) is 3.11. The van der Waals surface area contributed by atoms with Gasteiger partial charge in [-0.1, -0.05) is 13.3 Å². The summed E-state index contributed by atoms with van der Waals surface area (Å²) in [6.45, 7) is 2.52. The number of halogens is 1. The Bertz CT molecular complexity index is 1160. The van der Waals surface area contributed by atoms with Crippen molar-refractivity contribution in [3.8, 4) is 11.4 Å². The minimum absolute atomic E-state index is 0.236. The largest absolute Gasteiger partial charge is 0.492 e. The van der Waals surface area contributed by atoms with Crippen LogP contribution in [0, 0.1) is 5.82 Å². The third-order valence-electron chi connectivity index (χ3n) is 4.49. The summed E-state index contributed by atoms with van der Waals surface area (Å²) in [7, 11) is -3.33. The normalized spacial score (nSPS) is 11.2. The first kappa shape index (κ1) is 23.3. The van der Waals surface area contributed by atoms with Crippen LogP contribution in [0.2, 0.25) is 0 Å². The molecule has 0 atom stereocenters. The number of sulfonamides is 1. The zero-order chi connectivity index (χ0) is 23.1. The summed E-state index contributed by atoms with van der Waals surface area (Å²) in [5, 5.41) is 7.13. The van der Waals surface area contributed by atoms with E-state index in [1.165, 1.54) is 18.3 Å². The van der Waals surface area contributed by atoms with Gasteiger partial charge in [0.05, 0.1) is 35.9 Å². The minimum Gasteiger partial charge on any atom is -0.492 e. The summed E-state index contributed by atoms with van der Waals surface area (Å²) in [5.41, 5.74) is 2.35. The molecule has 0 fully saturated rings. The van der Waals surface area contributed by atoms with Crippen molar-refractivity contribution in [3.05, 3.63) is 71.8 Å². The smallest absolute Gasteiger partial charge is 0.254 e. The number of benzene rings is 2. The van der Waals surface area contributed by atoms with E-state index in [0.717, 1.165) is 18.4 Å². The topological polar surface area (TPSA) is 102 Å². The highest BCUT2D eigenvalue weighted by Crippen LogP contribution is 2.18. The molecular weight excluding hydrogens is 435 g/mol. The molecule has 10 heteroatoms. The monoisotopic (exact) mass is 460 g/mol. The van der Waals surface area contributed by atoms with Gasteiger partial charge in [0, 0.05) is 5.69 Å². The van der Waals surface area contributed by atoms with Gasteiger partial charge in [0.1, 0.15) is 18.2 Å². The molecule has 0 saturated carbocycles. The molecule has 0 aliphatic heterocycles. The third-order valence-corrected chi connectivity index (χ3v) is 5.09. The van der Waals surface area contributed by atoms with Crippen molar-refractivity contribution in [2.24, 2.45) is 0 Å². The standard InChI is InChI=1S/C22H25FN4O4S/c1-3-4-21-20(15-25-27(21)18-9-5-16(23)6-10-18)22(28)24-13-14-31-19-11-7-17(8-12-19)26-32(2,29)30/h5-12,15,26H,3-4,13-14H2,1-2H3,(H,24,28). The van der Waals surface area contributed by atoms with E-state index >= 15 is 0 Å². The average molecular weight is 461 g/mol.